The van der Waals surface area contributed by atoms with Gasteiger partial charge in [-0.05, 0) is 49.9 Å². The smallest absolute Gasteiger partial charge is 0.325 e. The minimum Gasteiger partial charge on any atom is -0.454 e. The van der Waals surface area contributed by atoms with Crippen molar-refractivity contribution < 1.29 is 19.1 Å². The molecule has 2 rings (SSSR count). The van der Waals surface area contributed by atoms with Gasteiger partial charge in [-0.1, -0.05) is 18.5 Å². The van der Waals surface area contributed by atoms with Crippen LogP contribution < -0.4 is 5.32 Å². The van der Waals surface area contributed by atoms with E-state index in [1.807, 2.05) is 0 Å². The van der Waals surface area contributed by atoms with Gasteiger partial charge in [0, 0.05) is 23.2 Å². The third kappa shape index (κ3) is 5.74. The second-order valence-corrected chi connectivity index (χ2v) is 6.43. The Morgan fingerprint density at radius 2 is 1.96 bits per heavy atom. The van der Waals surface area contributed by atoms with Crippen LogP contribution in [0.1, 0.15) is 43.0 Å². The molecule has 25 heavy (non-hydrogen) atoms. The van der Waals surface area contributed by atoms with Crippen LogP contribution in [0.15, 0.2) is 24.3 Å². The average molecular weight is 367 g/mol. The van der Waals surface area contributed by atoms with Crippen molar-refractivity contribution in [1.29, 1.82) is 0 Å². The van der Waals surface area contributed by atoms with Gasteiger partial charge in [0.2, 0.25) is 0 Å². The van der Waals surface area contributed by atoms with Crippen molar-refractivity contribution in [2.75, 3.05) is 19.7 Å². The molecule has 136 valence electrons. The Bertz CT molecular complexity index is 618. The van der Waals surface area contributed by atoms with Gasteiger partial charge in [-0.2, -0.15) is 0 Å². The van der Waals surface area contributed by atoms with Crippen molar-refractivity contribution in [1.82, 2.24) is 10.2 Å². The number of likely N-dealkylation sites (tertiary alicyclic amines) is 1. The van der Waals surface area contributed by atoms with Crippen LogP contribution in [0, 0.1) is 0 Å². The van der Waals surface area contributed by atoms with E-state index < -0.39 is 11.9 Å². The topological polar surface area (TPSA) is 75.7 Å². The van der Waals surface area contributed by atoms with Gasteiger partial charge in [-0.25, -0.2) is 0 Å². The molecule has 1 N–H and O–H groups in total. The molecule has 1 aliphatic heterocycles. The number of carbonyl (C=O) groups is 3. The number of hydrogen-bond acceptors (Lipinski definition) is 4. The molecule has 0 aliphatic carbocycles. The maximum atomic E-state index is 12.2. The van der Waals surface area contributed by atoms with Gasteiger partial charge in [-0.3, -0.25) is 14.4 Å². The third-order valence-electron chi connectivity index (χ3n) is 4.28. The number of amides is 2. The molecular weight excluding hydrogens is 344 g/mol. The number of nitrogens with zero attached hydrogens (tertiary/aromatic N) is 1. The zero-order chi connectivity index (χ0) is 18.2. The van der Waals surface area contributed by atoms with Gasteiger partial charge >= 0.3 is 5.97 Å². The van der Waals surface area contributed by atoms with E-state index >= 15 is 0 Å². The SMILES string of the molecule is CC[C@@H]1CCCCN1C(=O)COC(=O)CNC(=O)c1ccc(Cl)cc1. The van der Waals surface area contributed by atoms with Crippen molar-refractivity contribution in [2.24, 2.45) is 0 Å². The first-order valence-electron chi connectivity index (χ1n) is 8.50. The van der Waals surface area contributed by atoms with Crippen LogP contribution in [0.5, 0.6) is 0 Å². The number of benzene rings is 1. The number of piperidine rings is 1. The first-order valence-corrected chi connectivity index (χ1v) is 8.88. The van der Waals surface area contributed by atoms with E-state index in [1.165, 1.54) is 0 Å². The van der Waals surface area contributed by atoms with Crippen LogP contribution in [0.25, 0.3) is 0 Å². The maximum Gasteiger partial charge on any atom is 0.325 e. The number of esters is 1. The lowest BCUT2D eigenvalue weighted by Gasteiger charge is -2.35. The lowest BCUT2D eigenvalue weighted by atomic mass is 10.00. The molecule has 0 radical (unpaired) electrons. The highest BCUT2D eigenvalue weighted by Crippen LogP contribution is 2.19. The highest BCUT2D eigenvalue weighted by molar-refractivity contribution is 6.30. The van der Waals surface area contributed by atoms with Crippen LogP contribution >= 0.6 is 11.6 Å². The zero-order valence-corrected chi connectivity index (χ0v) is 15.1. The lowest BCUT2D eigenvalue weighted by molar-refractivity contribution is -0.152. The first-order chi connectivity index (χ1) is 12.0. The predicted octanol–water partition coefficient (Wildman–Crippen LogP) is 2.40. The van der Waals surface area contributed by atoms with E-state index in [0.717, 1.165) is 25.7 Å². The molecule has 7 heteroatoms. The first kappa shape index (κ1) is 19.2. The molecule has 0 unspecified atom stereocenters. The predicted molar refractivity (Wildman–Crippen MR) is 94.4 cm³/mol. The van der Waals surface area contributed by atoms with Gasteiger partial charge in [0.15, 0.2) is 6.61 Å². The number of ether oxygens (including phenoxy) is 1. The van der Waals surface area contributed by atoms with Crippen molar-refractivity contribution in [3.63, 3.8) is 0 Å². The van der Waals surface area contributed by atoms with Gasteiger partial charge in [0.05, 0.1) is 0 Å². The van der Waals surface area contributed by atoms with E-state index in [4.69, 9.17) is 16.3 Å². The summed E-state index contributed by atoms with van der Waals surface area (Å²) in [6.45, 7) is 2.19. The number of carbonyl (C=O) groups excluding carboxylic acids is 3. The van der Waals surface area contributed by atoms with Crippen LogP contribution in [0.2, 0.25) is 5.02 Å². The Morgan fingerprint density at radius 3 is 2.64 bits per heavy atom. The van der Waals surface area contributed by atoms with Gasteiger partial charge in [-0.15, -0.1) is 0 Å². The summed E-state index contributed by atoms with van der Waals surface area (Å²) in [5.41, 5.74) is 0.396. The fraction of sp³-hybridized carbons (Fsp3) is 0.500. The normalized spacial score (nSPS) is 17.0. The average Bonchev–Trinajstić information content (AvgIpc) is 2.64. The highest BCUT2D eigenvalue weighted by Gasteiger charge is 2.25. The van der Waals surface area contributed by atoms with E-state index in [-0.39, 0.29) is 25.1 Å². The summed E-state index contributed by atoms with van der Waals surface area (Å²) in [6.07, 6.45) is 4.00. The van der Waals surface area contributed by atoms with Crippen LogP contribution in [-0.4, -0.2) is 48.4 Å². The monoisotopic (exact) mass is 366 g/mol. The fourth-order valence-corrected chi connectivity index (χ4v) is 3.01. The minimum atomic E-state index is -0.638. The molecule has 0 saturated carbocycles. The summed E-state index contributed by atoms with van der Waals surface area (Å²) in [6, 6.07) is 6.54. The summed E-state index contributed by atoms with van der Waals surface area (Å²) in [5.74, 6) is -1.22. The molecule has 0 bridgehead atoms. The summed E-state index contributed by atoms with van der Waals surface area (Å²) in [7, 11) is 0. The molecule has 1 saturated heterocycles. The van der Waals surface area contributed by atoms with E-state index in [1.54, 1.807) is 29.2 Å². The third-order valence-corrected chi connectivity index (χ3v) is 4.53. The lowest BCUT2D eigenvalue weighted by Crippen LogP contribution is -2.45. The summed E-state index contributed by atoms with van der Waals surface area (Å²) in [4.78, 5) is 37.6. The van der Waals surface area contributed by atoms with E-state index in [0.29, 0.717) is 17.1 Å². The number of hydrogen-bond donors (Lipinski definition) is 1. The summed E-state index contributed by atoms with van der Waals surface area (Å²) >= 11 is 5.76. The van der Waals surface area contributed by atoms with Crippen LogP contribution in [0.4, 0.5) is 0 Å². The Kier molecular flexibility index (Phi) is 7.25. The van der Waals surface area contributed by atoms with Crippen molar-refractivity contribution >= 4 is 29.4 Å². The van der Waals surface area contributed by atoms with Crippen molar-refractivity contribution in [3.05, 3.63) is 34.9 Å². The molecule has 1 atom stereocenters. The fourth-order valence-electron chi connectivity index (χ4n) is 2.89. The van der Waals surface area contributed by atoms with E-state index in [9.17, 15) is 14.4 Å². The molecule has 0 aromatic heterocycles. The van der Waals surface area contributed by atoms with Gasteiger partial charge in [0.25, 0.3) is 11.8 Å². The Balaban J connectivity index is 1.73. The molecule has 6 nitrogen and oxygen atoms in total. The summed E-state index contributed by atoms with van der Waals surface area (Å²) in [5, 5.41) is 2.99. The standard InChI is InChI=1S/C18H23ClN2O4/c1-2-15-5-3-4-10-21(15)16(22)12-25-17(23)11-20-18(24)13-6-8-14(19)9-7-13/h6-9,15H,2-5,10-12H2,1H3,(H,20,24)/t15-/m1/s1. The zero-order valence-electron chi connectivity index (χ0n) is 14.3. The molecule has 1 aromatic carbocycles. The number of nitrogens with one attached hydrogen (secondary N) is 1. The second kappa shape index (κ2) is 9.42. The molecule has 2 amide bonds. The quantitative estimate of drug-likeness (QED) is 0.784. The van der Waals surface area contributed by atoms with Gasteiger partial charge < -0.3 is 15.0 Å². The number of halogens is 1. The van der Waals surface area contributed by atoms with Crippen molar-refractivity contribution in [2.45, 2.75) is 38.6 Å². The summed E-state index contributed by atoms with van der Waals surface area (Å²) < 4.78 is 4.99. The largest absolute Gasteiger partial charge is 0.454 e. The van der Waals surface area contributed by atoms with Crippen LogP contribution in [-0.2, 0) is 14.3 Å². The molecule has 1 aromatic rings. The molecule has 0 spiro atoms. The minimum absolute atomic E-state index is 0.177. The Hall–Kier alpha value is -2.08. The van der Waals surface area contributed by atoms with E-state index in [2.05, 4.69) is 12.2 Å². The molecule has 1 aliphatic rings. The van der Waals surface area contributed by atoms with Crippen molar-refractivity contribution in [3.8, 4) is 0 Å². The second-order valence-electron chi connectivity index (χ2n) is 6.00. The molecule has 1 fully saturated rings. The van der Waals surface area contributed by atoms with Gasteiger partial charge in [0.1, 0.15) is 6.54 Å². The Morgan fingerprint density at radius 1 is 1.24 bits per heavy atom. The maximum absolute atomic E-state index is 12.2. The molecule has 1 heterocycles. The highest BCUT2D eigenvalue weighted by atomic mass is 35.5. The number of rotatable bonds is 6. The Labute approximate surface area is 152 Å². The molecular formula is C18H23ClN2O4. The van der Waals surface area contributed by atoms with Crippen LogP contribution in [0.3, 0.4) is 0 Å².